The molecular formula is C8H17N3O. The molecule has 4 nitrogen and oxygen atoms in total. The average molecular weight is 171 g/mol. The standard InChI is InChI=1S/C8H17N3O/c1-6(4-9)8(10-3)11-7(2)5-12/h4,7,12H,5,9H2,1-3H3,(H,10,11)/b6-4-/t7-/m1/s1. The summed E-state index contributed by atoms with van der Waals surface area (Å²) in [5.74, 6) is 0.721. The molecule has 0 fully saturated rings. The third-order valence-corrected chi connectivity index (χ3v) is 1.50. The van der Waals surface area contributed by atoms with Gasteiger partial charge in [0.15, 0.2) is 0 Å². The normalized spacial score (nSPS) is 16.0. The van der Waals surface area contributed by atoms with Gasteiger partial charge < -0.3 is 16.2 Å². The highest BCUT2D eigenvalue weighted by Crippen LogP contribution is 1.93. The molecular weight excluding hydrogens is 154 g/mol. The van der Waals surface area contributed by atoms with Crippen LogP contribution in [-0.4, -0.2) is 30.6 Å². The Morgan fingerprint density at radius 1 is 1.75 bits per heavy atom. The van der Waals surface area contributed by atoms with Crippen LogP contribution in [0.5, 0.6) is 0 Å². The van der Waals surface area contributed by atoms with Crippen LogP contribution in [0.2, 0.25) is 0 Å². The molecule has 0 bridgehead atoms. The van der Waals surface area contributed by atoms with Crippen molar-refractivity contribution >= 4 is 5.84 Å². The van der Waals surface area contributed by atoms with E-state index in [9.17, 15) is 0 Å². The summed E-state index contributed by atoms with van der Waals surface area (Å²) in [4.78, 5) is 3.99. The van der Waals surface area contributed by atoms with Gasteiger partial charge in [-0.3, -0.25) is 4.99 Å². The number of nitrogens with two attached hydrogens (primary N) is 1. The van der Waals surface area contributed by atoms with E-state index in [-0.39, 0.29) is 12.6 Å². The maximum absolute atomic E-state index is 8.77. The van der Waals surface area contributed by atoms with Gasteiger partial charge in [0.2, 0.25) is 0 Å². The van der Waals surface area contributed by atoms with Crippen molar-refractivity contribution in [1.29, 1.82) is 0 Å². The number of nitrogens with zero attached hydrogens (tertiary/aromatic N) is 1. The first kappa shape index (κ1) is 11.0. The summed E-state index contributed by atoms with van der Waals surface area (Å²) in [5.41, 5.74) is 6.19. The second kappa shape index (κ2) is 5.60. The maximum Gasteiger partial charge on any atom is 0.125 e. The van der Waals surface area contributed by atoms with Gasteiger partial charge in [-0.1, -0.05) is 0 Å². The lowest BCUT2D eigenvalue weighted by molar-refractivity contribution is 0.264. The molecule has 70 valence electrons. The van der Waals surface area contributed by atoms with Crippen molar-refractivity contribution in [2.75, 3.05) is 13.7 Å². The Labute approximate surface area is 73.2 Å². The number of hydrogen-bond acceptors (Lipinski definition) is 3. The van der Waals surface area contributed by atoms with Crippen LogP contribution < -0.4 is 11.1 Å². The lowest BCUT2D eigenvalue weighted by atomic mass is 10.2. The minimum absolute atomic E-state index is 0.00130. The molecule has 0 rings (SSSR count). The number of aliphatic imine (C=N–C) groups is 1. The third-order valence-electron chi connectivity index (χ3n) is 1.50. The van der Waals surface area contributed by atoms with Gasteiger partial charge in [0.05, 0.1) is 6.61 Å². The van der Waals surface area contributed by atoms with Crippen molar-refractivity contribution in [3.05, 3.63) is 11.8 Å². The van der Waals surface area contributed by atoms with Crippen LogP contribution in [0.1, 0.15) is 13.8 Å². The zero-order valence-electron chi connectivity index (χ0n) is 7.83. The Kier molecular flexibility index (Phi) is 5.12. The number of amidine groups is 1. The predicted molar refractivity (Wildman–Crippen MR) is 51.0 cm³/mol. The molecule has 0 saturated carbocycles. The van der Waals surface area contributed by atoms with Crippen LogP contribution >= 0.6 is 0 Å². The highest BCUT2D eigenvalue weighted by Gasteiger charge is 2.04. The molecule has 0 amide bonds. The number of nitrogens with one attached hydrogen (secondary N) is 1. The Morgan fingerprint density at radius 2 is 2.33 bits per heavy atom. The molecule has 0 aliphatic rings. The van der Waals surface area contributed by atoms with Crippen molar-refractivity contribution in [2.24, 2.45) is 10.7 Å². The molecule has 0 unspecified atom stereocenters. The number of rotatable bonds is 3. The molecule has 0 aromatic rings. The molecule has 12 heavy (non-hydrogen) atoms. The second-order valence-corrected chi connectivity index (χ2v) is 2.65. The van der Waals surface area contributed by atoms with E-state index in [4.69, 9.17) is 10.8 Å². The zero-order chi connectivity index (χ0) is 9.56. The van der Waals surface area contributed by atoms with E-state index in [0.717, 1.165) is 11.4 Å². The maximum atomic E-state index is 8.77. The monoisotopic (exact) mass is 171 g/mol. The van der Waals surface area contributed by atoms with Gasteiger partial charge >= 0.3 is 0 Å². The minimum Gasteiger partial charge on any atom is -0.404 e. The van der Waals surface area contributed by atoms with E-state index in [2.05, 4.69) is 10.3 Å². The summed E-state index contributed by atoms with van der Waals surface area (Å²) >= 11 is 0. The number of hydrogen-bond donors (Lipinski definition) is 3. The quantitative estimate of drug-likeness (QED) is 0.408. The molecule has 4 heteroatoms. The average Bonchev–Trinajstić information content (AvgIpc) is 2.12. The first-order chi connectivity index (χ1) is 5.65. The summed E-state index contributed by atoms with van der Waals surface area (Å²) in [6, 6.07) is -0.00130. The van der Waals surface area contributed by atoms with Crippen LogP contribution in [0.15, 0.2) is 16.8 Å². The fraction of sp³-hybridized carbons (Fsp3) is 0.625. The van der Waals surface area contributed by atoms with Crippen LogP contribution in [0, 0.1) is 0 Å². The Balaban J connectivity index is 4.21. The highest BCUT2D eigenvalue weighted by atomic mass is 16.3. The van der Waals surface area contributed by atoms with Crippen molar-refractivity contribution in [1.82, 2.24) is 5.32 Å². The molecule has 0 aromatic carbocycles. The fourth-order valence-corrected chi connectivity index (χ4v) is 0.713. The van der Waals surface area contributed by atoms with Gasteiger partial charge in [-0.05, 0) is 13.8 Å². The minimum atomic E-state index is -0.00130. The van der Waals surface area contributed by atoms with Crippen molar-refractivity contribution in [3.63, 3.8) is 0 Å². The van der Waals surface area contributed by atoms with E-state index in [1.54, 1.807) is 7.05 Å². The van der Waals surface area contributed by atoms with Crippen LogP contribution in [-0.2, 0) is 0 Å². The summed E-state index contributed by atoms with van der Waals surface area (Å²) in [7, 11) is 1.68. The predicted octanol–water partition coefficient (Wildman–Crippen LogP) is -0.152. The van der Waals surface area contributed by atoms with E-state index in [1.165, 1.54) is 6.20 Å². The van der Waals surface area contributed by atoms with Crippen molar-refractivity contribution < 1.29 is 5.11 Å². The first-order valence-electron chi connectivity index (χ1n) is 3.88. The lowest BCUT2D eigenvalue weighted by Crippen LogP contribution is -2.35. The molecule has 0 aliphatic heterocycles. The second-order valence-electron chi connectivity index (χ2n) is 2.65. The van der Waals surface area contributed by atoms with Gasteiger partial charge in [-0.2, -0.15) is 0 Å². The first-order valence-corrected chi connectivity index (χ1v) is 3.88. The molecule has 0 saturated heterocycles. The number of aliphatic hydroxyl groups is 1. The highest BCUT2D eigenvalue weighted by molar-refractivity contribution is 5.97. The fourth-order valence-electron chi connectivity index (χ4n) is 0.713. The molecule has 0 aliphatic carbocycles. The van der Waals surface area contributed by atoms with Gasteiger partial charge in [-0.15, -0.1) is 0 Å². The lowest BCUT2D eigenvalue weighted by Gasteiger charge is -2.14. The number of aliphatic hydroxyl groups excluding tert-OH is 1. The van der Waals surface area contributed by atoms with Gasteiger partial charge in [0, 0.05) is 24.9 Å². The Hall–Kier alpha value is -1.03. The van der Waals surface area contributed by atoms with Crippen LogP contribution in [0.4, 0.5) is 0 Å². The Bertz CT molecular complexity index is 187. The SMILES string of the molecule is C/N=C(N[C@H](C)CO)\C(C)=C/N. The van der Waals surface area contributed by atoms with E-state index in [1.807, 2.05) is 13.8 Å². The van der Waals surface area contributed by atoms with E-state index < -0.39 is 0 Å². The zero-order valence-corrected chi connectivity index (χ0v) is 7.83. The molecule has 0 radical (unpaired) electrons. The summed E-state index contributed by atoms with van der Waals surface area (Å²) in [6.45, 7) is 3.81. The molecule has 4 N–H and O–H groups in total. The Morgan fingerprint density at radius 3 is 2.67 bits per heavy atom. The largest absolute Gasteiger partial charge is 0.404 e. The summed E-state index contributed by atoms with van der Waals surface area (Å²) in [6.07, 6.45) is 1.49. The van der Waals surface area contributed by atoms with Crippen LogP contribution in [0.3, 0.4) is 0 Å². The van der Waals surface area contributed by atoms with E-state index >= 15 is 0 Å². The van der Waals surface area contributed by atoms with Crippen molar-refractivity contribution in [2.45, 2.75) is 19.9 Å². The molecule has 0 heterocycles. The van der Waals surface area contributed by atoms with Crippen LogP contribution in [0.25, 0.3) is 0 Å². The summed E-state index contributed by atoms with van der Waals surface area (Å²) in [5, 5.41) is 11.8. The summed E-state index contributed by atoms with van der Waals surface area (Å²) < 4.78 is 0. The van der Waals surface area contributed by atoms with Crippen molar-refractivity contribution in [3.8, 4) is 0 Å². The molecule has 0 aromatic heterocycles. The third kappa shape index (κ3) is 3.39. The topological polar surface area (TPSA) is 70.6 Å². The molecule has 0 spiro atoms. The van der Waals surface area contributed by atoms with Gasteiger partial charge in [-0.25, -0.2) is 0 Å². The molecule has 1 atom stereocenters. The van der Waals surface area contributed by atoms with E-state index in [0.29, 0.717) is 0 Å². The van der Waals surface area contributed by atoms with Gasteiger partial charge in [0.1, 0.15) is 5.84 Å². The van der Waals surface area contributed by atoms with Gasteiger partial charge in [0.25, 0.3) is 0 Å². The smallest absolute Gasteiger partial charge is 0.125 e.